The number of pyridine rings is 1. The molecule has 21 heavy (non-hydrogen) atoms. The van der Waals surface area contributed by atoms with Crippen molar-refractivity contribution < 1.29 is 14.3 Å². The maximum atomic E-state index is 12.7. The summed E-state index contributed by atoms with van der Waals surface area (Å²) in [6.07, 6.45) is 3.70. The van der Waals surface area contributed by atoms with Gasteiger partial charge in [-0.3, -0.25) is 4.79 Å². The van der Waals surface area contributed by atoms with Crippen molar-refractivity contribution in [2.45, 2.75) is 45.1 Å². The van der Waals surface area contributed by atoms with E-state index in [4.69, 9.17) is 9.47 Å². The topological polar surface area (TPSA) is 60.5 Å². The van der Waals surface area contributed by atoms with Crippen molar-refractivity contribution in [2.75, 3.05) is 19.5 Å². The predicted molar refractivity (Wildman–Crippen MR) is 81.5 cm³/mol. The van der Waals surface area contributed by atoms with Crippen LogP contribution >= 0.6 is 0 Å². The molecule has 1 saturated carbocycles. The maximum Gasteiger partial charge on any atom is 0.256 e. The van der Waals surface area contributed by atoms with Crippen LogP contribution in [-0.2, 0) is 9.53 Å². The van der Waals surface area contributed by atoms with Crippen LogP contribution < -0.4 is 10.1 Å². The normalized spacial score (nSPS) is 25.4. The highest BCUT2D eigenvalue weighted by Crippen LogP contribution is 2.36. The fraction of sp³-hybridized carbons (Fsp3) is 0.625. The van der Waals surface area contributed by atoms with Crippen LogP contribution in [0.5, 0.6) is 5.88 Å². The summed E-state index contributed by atoms with van der Waals surface area (Å²) < 4.78 is 10.7. The molecule has 0 spiro atoms. The lowest BCUT2D eigenvalue weighted by Crippen LogP contribution is -2.48. The summed E-state index contributed by atoms with van der Waals surface area (Å²) in [4.78, 5) is 17.0. The van der Waals surface area contributed by atoms with Crippen molar-refractivity contribution >= 4 is 11.6 Å². The van der Waals surface area contributed by atoms with Gasteiger partial charge in [0.15, 0.2) is 0 Å². The number of methoxy groups -OCH3 is 2. The molecule has 1 amide bonds. The lowest BCUT2D eigenvalue weighted by molar-refractivity contribution is -0.143. The van der Waals surface area contributed by atoms with Crippen LogP contribution in [0.25, 0.3) is 0 Å². The molecule has 5 nitrogen and oxygen atoms in total. The predicted octanol–water partition coefficient (Wildman–Crippen LogP) is 2.93. The molecule has 116 valence electrons. The Bertz CT molecular complexity index is 518. The van der Waals surface area contributed by atoms with Gasteiger partial charge >= 0.3 is 0 Å². The number of aromatic nitrogens is 1. The van der Waals surface area contributed by atoms with Crippen LogP contribution in [0.15, 0.2) is 12.1 Å². The van der Waals surface area contributed by atoms with Crippen LogP contribution in [0.1, 0.15) is 38.3 Å². The number of hydrogen-bond acceptors (Lipinski definition) is 4. The molecule has 1 aromatic rings. The Morgan fingerprint density at radius 2 is 2.19 bits per heavy atom. The van der Waals surface area contributed by atoms with Crippen LogP contribution in [0.2, 0.25) is 0 Å². The average molecular weight is 292 g/mol. The molecule has 0 aliphatic heterocycles. The molecule has 1 N–H and O–H groups in total. The first-order chi connectivity index (χ1) is 10.0. The fourth-order valence-corrected chi connectivity index (χ4v) is 3.01. The summed E-state index contributed by atoms with van der Waals surface area (Å²) in [5.41, 5.74) is 0.720. The highest BCUT2D eigenvalue weighted by Gasteiger charge is 2.42. The summed E-state index contributed by atoms with van der Waals surface area (Å²) in [6.45, 7) is 4.02. The van der Waals surface area contributed by atoms with Gasteiger partial charge in [0.25, 0.3) is 5.91 Å². The molecule has 2 rings (SSSR count). The number of carbonyl (C=O) groups excluding carboxylic acids is 1. The van der Waals surface area contributed by atoms with E-state index in [1.807, 2.05) is 13.0 Å². The minimum atomic E-state index is -0.718. The van der Waals surface area contributed by atoms with E-state index in [9.17, 15) is 4.79 Å². The number of ether oxygens (including phenoxy) is 2. The number of amides is 1. The minimum Gasteiger partial charge on any atom is -0.481 e. The third-order valence-electron chi connectivity index (χ3n) is 4.28. The minimum absolute atomic E-state index is 0.0772. The van der Waals surface area contributed by atoms with Crippen LogP contribution in [0.3, 0.4) is 0 Å². The zero-order valence-corrected chi connectivity index (χ0v) is 13.2. The standard InChI is InChI=1S/C16H24N2O3/c1-11-6-5-9-16(10-11,21-4)15(19)18-13-7-8-14(20-3)17-12(13)2/h7-8,11H,5-6,9-10H2,1-4H3,(H,18,19). The molecule has 2 unspecified atom stereocenters. The quantitative estimate of drug-likeness (QED) is 0.927. The highest BCUT2D eigenvalue weighted by molar-refractivity contribution is 5.97. The van der Waals surface area contributed by atoms with E-state index in [1.165, 1.54) is 0 Å². The van der Waals surface area contributed by atoms with Gasteiger partial charge in [0.2, 0.25) is 5.88 Å². The van der Waals surface area contributed by atoms with Crippen molar-refractivity contribution in [1.29, 1.82) is 0 Å². The number of carbonyl (C=O) groups is 1. The van der Waals surface area contributed by atoms with E-state index < -0.39 is 5.60 Å². The number of nitrogens with zero attached hydrogens (tertiary/aromatic N) is 1. The molecular weight excluding hydrogens is 268 g/mol. The summed E-state index contributed by atoms with van der Waals surface area (Å²) >= 11 is 0. The van der Waals surface area contributed by atoms with Gasteiger partial charge in [0, 0.05) is 13.2 Å². The first-order valence-electron chi connectivity index (χ1n) is 7.39. The summed E-state index contributed by atoms with van der Waals surface area (Å²) in [5, 5.41) is 2.96. The largest absolute Gasteiger partial charge is 0.481 e. The first-order valence-corrected chi connectivity index (χ1v) is 7.39. The molecule has 1 aliphatic rings. The number of anilines is 1. The van der Waals surface area contributed by atoms with Crippen LogP contribution in [0.4, 0.5) is 5.69 Å². The van der Waals surface area contributed by atoms with Gasteiger partial charge < -0.3 is 14.8 Å². The second-order valence-corrected chi connectivity index (χ2v) is 5.84. The molecule has 1 fully saturated rings. The van der Waals surface area contributed by atoms with Gasteiger partial charge in [0.05, 0.1) is 18.5 Å². The van der Waals surface area contributed by atoms with Gasteiger partial charge in [-0.1, -0.05) is 13.3 Å². The van der Waals surface area contributed by atoms with Gasteiger partial charge in [-0.15, -0.1) is 0 Å². The van der Waals surface area contributed by atoms with Crippen molar-refractivity contribution in [3.63, 3.8) is 0 Å². The Morgan fingerprint density at radius 1 is 1.43 bits per heavy atom. The lowest BCUT2D eigenvalue weighted by Gasteiger charge is -2.37. The Hall–Kier alpha value is -1.62. The van der Waals surface area contributed by atoms with Crippen molar-refractivity contribution in [2.24, 2.45) is 5.92 Å². The molecule has 1 aliphatic carbocycles. The number of hydrogen-bond donors (Lipinski definition) is 1. The zero-order valence-electron chi connectivity index (χ0n) is 13.2. The van der Waals surface area contributed by atoms with Gasteiger partial charge in [-0.2, -0.15) is 0 Å². The Morgan fingerprint density at radius 3 is 2.76 bits per heavy atom. The summed E-state index contributed by atoms with van der Waals surface area (Å²) in [6, 6.07) is 3.56. The van der Waals surface area contributed by atoms with E-state index in [0.717, 1.165) is 31.4 Å². The van der Waals surface area contributed by atoms with Crippen molar-refractivity contribution in [3.05, 3.63) is 17.8 Å². The van der Waals surface area contributed by atoms with E-state index >= 15 is 0 Å². The summed E-state index contributed by atoms with van der Waals surface area (Å²) in [7, 11) is 3.19. The Labute approximate surface area is 126 Å². The summed E-state index contributed by atoms with van der Waals surface area (Å²) in [5.74, 6) is 0.962. The molecule has 2 atom stereocenters. The molecule has 0 aromatic carbocycles. The van der Waals surface area contributed by atoms with Crippen LogP contribution in [0, 0.1) is 12.8 Å². The average Bonchev–Trinajstić information content (AvgIpc) is 2.48. The smallest absolute Gasteiger partial charge is 0.256 e. The number of rotatable bonds is 4. The Balaban J connectivity index is 2.16. The van der Waals surface area contributed by atoms with Gasteiger partial charge in [-0.25, -0.2) is 4.98 Å². The molecule has 0 radical (unpaired) electrons. The molecule has 5 heteroatoms. The monoisotopic (exact) mass is 292 g/mol. The second kappa shape index (κ2) is 6.43. The van der Waals surface area contributed by atoms with Gasteiger partial charge in [-0.05, 0) is 38.2 Å². The molecule has 1 aromatic heterocycles. The highest BCUT2D eigenvalue weighted by atomic mass is 16.5. The molecule has 1 heterocycles. The third kappa shape index (κ3) is 3.35. The fourth-order valence-electron chi connectivity index (χ4n) is 3.01. The number of nitrogens with one attached hydrogen (secondary N) is 1. The van der Waals surface area contributed by atoms with E-state index in [0.29, 0.717) is 17.5 Å². The van der Waals surface area contributed by atoms with E-state index in [-0.39, 0.29) is 5.91 Å². The van der Waals surface area contributed by atoms with E-state index in [1.54, 1.807) is 20.3 Å². The van der Waals surface area contributed by atoms with Crippen molar-refractivity contribution in [1.82, 2.24) is 4.98 Å². The van der Waals surface area contributed by atoms with Crippen molar-refractivity contribution in [3.8, 4) is 5.88 Å². The molecule has 0 saturated heterocycles. The maximum absolute atomic E-state index is 12.7. The molecular formula is C16H24N2O3. The SMILES string of the molecule is COc1ccc(NC(=O)C2(OC)CCCC(C)C2)c(C)n1. The van der Waals surface area contributed by atoms with Crippen LogP contribution in [-0.4, -0.2) is 30.7 Å². The Kier molecular flexibility index (Phi) is 4.83. The number of aryl methyl sites for hydroxylation is 1. The zero-order chi connectivity index (χ0) is 15.5. The molecule has 0 bridgehead atoms. The third-order valence-corrected chi connectivity index (χ3v) is 4.28. The first kappa shape index (κ1) is 15.8. The lowest BCUT2D eigenvalue weighted by atomic mass is 9.78. The van der Waals surface area contributed by atoms with Gasteiger partial charge in [0.1, 0.15) is 5.60 Å². The second-order valence-electron chi connectivity index (χ2n) is 5.84. The van der Waals surface area contributed by atoms with E-state index in [2.05, 4.69) is 17.2 Å².